The molecule has 0 unspecified atom stereocenters. The summed E-state index contributed by atoms with van der Waals surface area (Å²) >= 11 is 0. The van der Waals surface area contributed by atoms with Crippen molar-refractivity contribution in [2.24, 2.45) is 0 Å². The van der Waals surface area contributed by atoms with E-state index in [1.165, 1.54) is 0 Å². The van der Waals surface area contributed by atoms with Gasteiger partial charge in [-0.1, -0.05) is 0 Å². The average molecular weight is 201 g/mol. The number of aromatic nitrogens is 3. The van der Waals surface area contributed by atoms with Crippen LogP contribution >= 0.6 is 0 Å². The summed E-state index contributed by atoms with van der Waals surface area (Å²) in [5.41, 5.74) is 1.35. The summed E-state index contributed by atoms with van der Waals surface area (Å²) < 4.78 is 7.06. The second-order valence-electron chi connectivity index (χ2n) is 3.40. The number of terminal acetylenes is 1. The van der Waals surface area contributed by atoms with E-state index in [1.54, 1.807) is 16.8 Å². The molecule has 4 heteroatoms. The molecule has 0 saturated carbocycles. The summed E-state index contributed by atoms with van der Waals surface area (Å²) in [6, 6.07) is 3.61. The van der Waals surface area contributed by atoms with Crippen LogP contribution in [0.4, 0.5) is 0 Å². The summed E-state index contributed by atoms with van der Waals surface area (Å²) in [6.07, 6.45) is 7.02. The van der Waals surface area contributed by atoms with Crippen LogP contribution in [0.3, 0.4) is 0 Å². The van der Waals surface area contributed by atoms with Crippen LogP contribution in [0.25, 0.3) is 5.65 Å². The Balaban J connectivity index is 2.49. The van der Waals surface area contributed by atoms with Crippen molar-refractivity contribution in [3.05, 3.63) is 24.0 Å². The molecule has 2 rings (SSSR count). The van der Waals surface area contributed by atoms with E-state index in [9.17, 15) is 0 Å². The lowest BCUT2D eigenvalue weighted by Crippen LogP contribution is -2.08. The van der Waals surface area contributed by atoms with Crippen molar-refractivity contribution in [3.8, 4) is 18.2 Å². The Hall–Kier alpha value is -2.02. The average Bonchev–Trinajstić information content (AvgIpc) is 2.59. The molecule has 0 aromatic carbocycles. The van der Waals surface area contributed by atoms with Gasteiger partial charge >= 0.3 is 0 Å². The molecule has 0 aliphatic carbocycles. The molecule has 15 heavy (non-hydrogen) atoms. The van der Waals surface area contributed by atoms with Gasteiger partial charge in [-0.15, -0.1) is 11.5 Å². The van der Waals surface area contributed by atoms with Crippen molar-refractivity contribution in [2.45, 2.75) is 20.0 Å². The zero-order valence-corrected chi connectivity index (χ0v) is 8.64. The Kier molecular flexibility index (Phi) is 2.30. The van der Waals surface area contributed by atoms with Crippen molar-refractivity contribution in [3.63, 3.8) is 0 Å². The van der Waals surface area contributed by atoms with E-state index in [-0.39, 0.29) is 6.10 Å². The van der Waals surface area contributed by atoms with E-state index in [4.69, 9.17) is 11.2 Å². The zero-order valence-electron chi connectivity index (χ0n) is 8.64. The molecule has 0 radical (unpaired) electrons. The number of rotatable bonds is 2. The van der Waals surface area contributed by atoms with Crippen molar-refractivity contribution in [1.82, 2.24) is 14.6 Å². The first-order valence-corrected chi connectivity index (χ1v) is 4.69. The molecule has 2 aromatic heterocycles. The van der Waals surface area contributed by atoms with Crippen LogP contribution in [-0.4, -0.2) is 20.7 Å². The number of hydrogen-bond acceptors (Lipinski definition) is 3. The van der Waals surface area contributed by atoms with Crippen LogP contribution in [0, 0.1) is 12.3 Å². The molecule has 0 atom stereocenters. The van der Waals surface area contributed by atoms with Gasteiger partial charge in [0, 0.05) is 6.07 Å². The Labute approximate surface area is 87.9 Å². The summed E-state index contributed by atoms with van der Waals surface area (Å²) in [7, 11) is 0. The summed E-state index contributed by atoms with van der Waals surface area (Å²) in [5.74, 6) is 3.06. The quantitative estimate of drug-likeness (QED) is 0.691. The molecular formula is C11H11N3O. The predicted octanol–water partition coefficient (Wildman–Crippen LogP) is 1.50. The lowest BCUT2D eigenvalue weighted by Gasteiger charge is -2.08. The SMILES string of the molecule is C#Cc1cnc2ccc(OC(C)C)nn12. The third kappa shape index (κ3) is 1.77. The van der Waals surface area contributed by atoms with Crippen LogP contribution < -0.4 is 4.74 Å². The lowest BCUT2D eigenvalue weighted by atomic mass is 10.4. The first-order chi connectivity index (χ1) is 7.20. The molecule has 4 nitrogen and oxygen atoms in total. The first-order valence-electron chi connectivity index (χ1n) is 4.69. The number of nitrogens with zero attached hydrogens (tertiary/aromatic N) is 3. The molecule has 0 N–H and O–H groups in total. The summed E-state index contributed by atoms with van der Waals surface area (Å²) in [4.78, 5) is 4.11. The predicted molar refractivity (Wildman–Crippen MR) is 56.7 cm³/mol. The van der Waals surface area contributed by atoms with Gasteiger partial charge in [0.05, 0.1) is 12.3 Å². The van der Waals surface area contributed by atoms with Crippen LogP contribution in [0.15, 0.2) is 18.3 Å². The van der Waals surface area contributed by atoms with Crippen LogP contribution in [-0.2, 0) is 0 Å². The van der Waals surface area contributed by atoms with Gasteiger partial charge in [-0.3, -0.25) is 0 Å². The smallest absolute Gasteiger partial charge is 0.232 e. The van der Waals surface area contributed by atoms with E-state index in [2.05, 4.69) is 16.0 Å². The van der Waals surface area contributed by atoms with Gasteiger partial charge < -0.3 is 4.74 Å². The Morgan fingerprint density at radius 3 is 2.93 bits per heavy atom. The second kappa shape index (κ2) is 3.62. The van der Waals surface area contributed by atoms with Crippen molar-refractivity contribution in [1.29, 1.82) is 0 Å². The zero-order chi connectivity index (χ0) is 10.8. The summed E-state index contributed by atoms with van der Waals surface area (Å²) in [6.45, 7) is 3.89. The van der Waals surface area contributed by atoms with Crippen LogP contribution in [0.5, 0.6) is 5.88 Å². The van der Waals surface area contributed by atoms with Gasteiger partial charge in [-0.25, -0.2) is 9.50 Å². The van der Waals surface area contributed by atoms with Crippen LogP contribution in [0.2, 0.25) is 0 Å². The fourth-order valence-corrected chi connectivity index (χ4v) is 1.26. The van der Waals surface area contributed by atoms with Crippen molar-refractivity contribution >= 4 is 5.65 Å². The monoisotopic (exact) mass is 201 g/mol. The number of imidazole rings is 1. The minimum Gasteiger partial charge on any atom is -0.474 e. The van der Waals surface area contributed by atoms with E-state index < -0.39 is 0 Å². The fraction of sp³-hybridized carbons (Fsp3) is 0.273. The largest absolute Gasteiger partial charge is 0.474 e. The van der Waals surface area contributed by atoms with Gasteiger partial charge in [-0.2, -0.15) is 0 Å². The maximum atomic E-state index is 5.46. The normalized spacial score (nSPS) is 10.5. The topological polar surface area (TPSA) is 39.4 Å². The molecule has 0 fully saturated rings. The highest BCUT2D eigenvalue weighted by Gasteiger charge is 2.04. The maximum Gasteiger partial charge on any atom is 0.232 e. The second-order valence-corrected chi connectivity index (χ2v) is 3.40. The van der Waals surface area contributed by atoms with Gasteiger partial charge in [0.1, 0.15) is 5.69 Å². The lowest BCUT2D eigenvalue weighted by molar-refractivity contribution is 0.229. The number of hydrogen-bond donors (Lipinski definition) is 0. The first kappa shape index (κ1) is 9.53. The Morgan fingerprint density at radius 2 is 2.27 bits per heavy atom. The highest BCUT2D eigenvalue weighted by atomic mass is 16.5. The van der Waals surface area contributed by atoms with E-state index in [0.717, 1.165) is 5.65 Å². The molecule has 0 spiro atoms. The molecule has 0 aliphatic rings. The number of ether oxygens (including phenoxy) is 1. The van der Waals surface area contributed by atoms with Gasteiger partial charge in [0.15, 0.2) is 5.65 Å². The minimum atomic E-state index is 0.0905. The molecular weight excluding hydrogens is 190 g/mol. The van der Waals surface area contributed by atoms with E-state index >= 15 is 0 Å². The Morgan fingerprint density at radius 1 is 1.47 bits per heavy atom. The highest BCUT2D eigenvalue weighted by molar-refractivity contribution is 5.43. The third-order valence-electron chi connectivity index (χ3n) is 1.84. The molecule has 2 aromatic rings. The number of fused-ring (bicyclic) bond motifs is 1. The fourth-order valence-electron chi connectivity index (χ4n) is 1.26. The molecule has 0 aliphatic heterocycles. The molecule has 0 amide bonds. The highest BCUT2D eigenvalue weighted by Crippen LogP contribution is 2.11. The standard InChI is InChI=1S/C11H11N3O/c1-4-9-7-12-10-5-6-11(13-14(9)10)15-8(2)3/h1,5-8H,2-3H3. The van der Waals surface area contributed by atoms with E-state index in [1.807, 2.05) is 19.9 Å². The minimum absolute atomic E-state index is 0.0905. The molecule has 0 bridgehead atoms. The maximum absolute atomic E-state index is 5.46. The van der Waals surface area contributed by atoms with Gasteiger partial charge in [0.2, 0.25) is 5.88 Å². The van der Waals surface area contributed by atoms with Crippen LogP contribution in [0.1, 0.15) is 19.5 Å². The Bertz CT molecular complexity index is 522. The van der Waals surface area contributed by atoms with Crippen molar-refractivity contribution < 1.29 is 4.74 Å². The molecule has 2 heterocycles. The van der Waals surface area contributed by atoms with Gasteiger partial charge in [0.25, 0.3) is 0 Å². The van der Waals surface area contributed by atoms with Gasteiger partial charge in [-0.05, 0) is 25.8 Å². The van der Waals surface area contributed by atoms with Crippen molar-refractivity contribution in [2.75, 3.05) is 0 Å². The third-order valence-corrected chi connectivity index (χ3v) is 1.84. The molecule has 0 saturated heterocycles. The molecule has 76 valence electrons. The van der Waals surface area contributed by atoms with E-state index in [0.29, 0.717) is 11.6 Å². The summed E-state index contributed by atoms with van der Waals surface area (Å²) in [5, 5.41) is 4.24.